The second kappa shape index (κ2) is 4.86. The Hall–Kier alpha value is -0.540. The third-order valence-corrected chi connectivity index (χ3v) is 5.06. The maximum Gasteiger partial charge on any atom is 0.0834 e. The highest BCUT2D eigenvalue weighted by molar-refractivity contribution is 6.31. The quantitative estimate of drug-likeness (QED) is 0.908. The van der Waals surface area contributed by atoms with Gasteiger partial charge in [-0.3, -0.25) is 4.68 Å². The van der Waals surface area contributed by atoms with Crippen LogP contribution in [-0.2, 0) is 7.05 Å². The minimum Gasteiger partial charge on any atom is -0.309 e. The van der Waals surface area contributed by atoms with E-state index in [1.165, 1.54) is 31.4 Å². The van der Waals surface area contributed by atoms with Crippen LogP contribution >= 0.6 is 11.6 Å². The molecule has 0 amide bonds. The van der Waals surface area contributed by atoms with Crippen molar-refractivity contribution in [2.24, 2.45) is 24.8 Å². The molecule has 2 saturated carbocycles. The van der Waals surface area contributed by atoms with E-state index in [-0.39, 0.29) is 0 Å². The van der Waals surface area contributed by atoms with Crippen molar-refractivity contribution in [1.82, 2.24) is 15.1 Å². The zero-order chi connectivity index (χ0) is 12.7. The minimum atomic E-state index is 0.392. The number of rotatable bonds is 4. The van der Waals surface area contributed by atoms with E-state index in [4.69, 9.17) is 11.6 Å². The lowest BCUT2D eigenvalue weighted by molar-refractivity contribution is 0.430. The summed E-state index contributed by atoms with van der Waals surface area (Å²) < 4.78 is 1.94. The summed E-state index contributed by atoms with van der Waals surface area (Å²) >= 11 is 6.32. The largest absolute Gasteiger partial charge is 0.309 e. The van der Waals surface area contributed by atoms with E-state index in [0.29, 0.717) is 6.04 Å². The van der Waals surface area contributed by atoms with E-state index in [1.807, 2.05) is 11.7 Å². The molecule has 3 unspecified atom stereocenters. The predicted octanol–water partition coefficient (Wildman–Crippen LogP) is 3.16. The Bertz CT molecular complexity index is 397. The van der Waals surface area contributed by atoms with Crippen LogP contribution in [0.4, 0.5) is 0 Å². The van der Waals surface area contributed by atoms with Crippen molar-refractivity contribution >= 4 is 11.6 Å². The highest BCUT2D eigenvalue weighted by Crippen LogP contribution is 2.60. The first-order chi connectivity index (χ1) is 8.74. The molecule has 0 saturated heterocycles. The van der Waals surface area contributed by atoms with Crippen LogP contribution in [0.25, 0.3) is 0 Å². The van der Waals surface area contributed by atoms with Crippen LogP contribution in [0.2, 0.25) is 5.02 Å². The third-order valence-electron chi connectivity index (χ3n) is 4.76. The van der Waals surface area contributed by atoms with Crippen molar-refractivity contribution in [3.8, 4) is 0 Å². The lowest BCUT2D eigenvalue weighted by Crippen LogP contribution is -2.26. The lowest BCUT2D eigenvalue weighted by atomic mass is 10.0. The fourth-order valence-electron chi connectivity index (χ4n) is 3.95. The molecule has 2 aliphatic rings. The molecule has 3 rings (SSSR count). The van der Waals surface area contributed by atoms with Gasteiger partial charge in [-0.25, -0.2) is 0 Å². The van der Waals surface area contributed by atoms with Gasteiger partial charge in [0.15, 0.2) is 0 Å². The molecule has 3 nitrogen and oxygen atoms in total. The Morgan fingerprint density at radius 1 is 1.44 bits per heavy atom. The Morgan fingerprint density at radius 3 is 2.61 bits per heavy atom. The highest BCUT2D eigenvalue weighted by Gasteiger charge is 2.55. The van der Waals surface area contributed by atoms with Gasteiger partial charge in [0.25, 0.3) is 0 Å². The Kier molecular flexibility index (Phi) is 3.37. The molecule has 100 valence electrons. The van der Waals surface area contributed by atoms with Gasteiger partial charge in [0, 0.05) is 7.05 Å². The predicted molar refractivity (Wildman–Crippen MR) is 73.6 cm³/mol. The topological polar surface area (TPSA) is 29.9 Å². The molecule has 0 aromatic carbocycles. The second-order valence-electron chi connectivity index (χ2n) is 5.73. The zero-order valence-corrected chi connectivity index (χ0v) is 12.0. The molecule has 2 fully saturated rings. The van der Waals surface area contributed by atoms with E-state index in [2.05, 4.69) is 17.3 Å². The molecule has 0 bridgehead atoms. The maximum absolute atomic E-state index is 6.32. The maximum atomic E-state index is 6.32. The fraction of sp³-hybridized carbons (Fsp3) is 0.786. The number of nitrogens with zero attached hydrogens (tertiary/aromatic N) is 2. The first kappa shape index (κ1) is 12.5. The van der Waals surface area contributed by atoms with Crippen molar-refractivity contribution in [1.29, 1.82) is 0 Å². The van der Waals surface area contributed by atoms with Gasteiger partial charge in [-0.15, -0.1) is 0 Å². The Labute approximate surface area is 114 Å². The zero-order valence-electron chi connectivity index (χ0n) is 11.2. The number of halogens is 1. The molecule has 1 N–H and O–H groups in total. The van der Waals surface area contributed by atoms with E-state index in [1.54, 1.807) is 6.20 Å². The van der Waals surface area contributed by atoms with Gasteiger partial charge in [-0.05, 0) is 37.1 Å². The van der Waals surface area contributed by atoms with E-state index in [0.717, 1.165) is 29.3 Å². The summed E-state index contributed by atoms with van der Waals surface area (Å²) in [5, 5.41) is 8.74. The molecular weight excluding hydrogens is 246 g/mol. The summed E-state index contributed by atoms with van der Waals surface area (Å²) in [5.41, 5.74) is 1.18. The summed E-state index contributed by atoms with van der Waals surface area (Å²) in [6.45, 7) is 3.16. The average Bonchev–Trinajstić information content (AvgIpc) is 3.00. The van der Waals surface area contributed by atoms with Crippen LogP contribution in [0.3, 0.4) is 0 Å². The van der Waals surface area contributed by atoms with E-state index in [9.17, 15) is 0 Å². The van der Waals surface area contributed by atoms with E-state index < -0.39 is 0 Å². The summed E-state index contributed by atoms with van der Waals surface area (Å²) in [5.74, 6) is 2.63. The van der Waals surface area contributed by atoms with Crippen LogP contribution in [0, 0.1) is 17.8 Å². The molecule has 1 aromatic heterocycles. The number of aryl methyl sites for hydroxylation is 1. The molecular formula is C14H22ClN3. The fourth-order valence-corrected chi connectivity index (χ4v) is 4.23. The van der Waals surface area contributed by atoms with Gasteiger partial charge in [0.2, 0.25) is 0 Å². The van der Waals surface area contributed by atoms with Crippen LogP contribution < -0.4 is 5.32 Å². The lowest BCUT2D eigenvalue weighted by Gasteiger charge is -2.19. The number of hydrogen-bond donors (Lipinski definition) is 1. The van der Waals surface area contributed by atoms with Crippen molar-refractivity contribution in [2.45, 2.75) is 38.6 Å². The molecule has 0 aliphatic heterocycles. The molecule has 3 atom stereocenters. The van der Waals surface area contributed by atoms with Crippen LogP contribution in [-0.4, -0.2) is 16.3 Å². The van der Waals surface area contributed by atoms with Gasteiger partial charge < -0.3 is 5.32 Å². The first-order valence-corrected chi connectivity index (χ1v) is 7.52. The molecule has 0 radical (unpaired) electrons. The monoisotopic (exact) mass is 267 g/mol. The molecule has 2 aliphatic carbocycles. The van der Waals surface area contributed by atoms with Crippen LogP contribution in [0.15, 0.2) is 6.20 Å². The van der Waals surface area contributed by atoms with Gasteiger partial charge in [0.05, 0.1) is 23.0 Å². The normalized spacial score (nSPS) is 32.1. The van der Waals surface area contributed by atoms with Crippen molar-refractivity contribution in [3.63, 3.8) is 0 Å². The summed E-state index contributed by atoms with van der Waals surface area (Å²) in [4.78, 5) is 0. The molecule has 1 heterocycles. The van der Waals surface area contributed by atoms with Crippen LogP contribution in [0.5, 0.6) is 0 Å². The summed E-state index contributed by atoms with van der Waals surface area (Å²) in [7, 11) is 2.00. The molecule has 4 heteroatoms. The molecule has 0 spiro atoms. The second-order valence-corrected chi connectivity index (χ2v) is 6.13. The number of fused-ring (bicyclic) bond motifs is 1. The Balaban J connectivity index is 1.85. The average molecular weight is 268 g/mol. The summed E-state index contributed by atoms with van der Waals surface area (Å²) in [6, 6.07) is 0.392. The number of nitrogens with one attached hydrogen (secondary N) is 1. The SMILES string of the molecule is CCNC(c1c(Cl)cnn1C)C1C2CCCCC21. The first-order valence-electron chi connectivity index (χ1n) is 7.14. The molecule has 1 aromatic rings. The van der Waals surface area contributed by atoms with Crippen molar-refractivity contribution < 1.29 is 0 Å². The van der Waals surface area contributed by atoms with Crippen molar-refractivity contribution in [3.05, 3.63) is 16.9 Å². The van der Waals surface area contributed by atoms with Gasteiger partial charge in [-0.1, -0.05) is 31.4 Å². The van der Waals surface area contributed by atoms with Crippen LogP contribution in [0.1, 0.15) is 44.3 Å². The molecule has 18 heavy (non-hydrogen) atoms. The van der Waals surface area contributed by atoms with Crippen molar-refractivity contribution in [2.75, 3.05) is 6.54 Å². The van der Waals surface area contributed by atoms with Gasteiger partial charge >= 0.3 is 0 Å². The smallest absolute Gasteiger partial charge is 0.0834 e. The number of aromatic nitrogens is 2. The van der Waals surface area contributed by atoms with E-state index >= 15 is 0 Å². The van der Waals surface area contributed by atoms with Gasteiger partial charge in [0.1, 0.15) is 0 Å². The number of hydrogen-bond acceptors (Lipinski definition) is 2. The third kappa shape index (κ3) is 1.97. The van der Waals surface area contributed by atoms with Gasteiger partial charge in [-0.2, -0.15) is 5.10 Å². The standard InChI is InChI=1S/C14H22ClN3/c1-3-16-13(14-11(15)8-17-18(14)2)12-9-6-4-5-7-10(9)12/h8-10,12-13,16H,3-7H2,1-2H3. The highest BCUT2D eigenvalue weighted by atomic mass is 35.5. The minimum absolute atomic E-state index is 0.392. The Morgan fingerprint density at radius 2 is 2.11 bits per heavy atom. The summed E-state index contributed by atoms with van der Waals surface area (Å²) in [6.07, 6.45) is 7.41.